The second kappa shape index (κ2) is 5.89. The van der Waals surface area contributed by atoms with Gasteiger partial charge in [-0.05, 0) is 11.8 Å². The molecular formula is C12H16INS. The zero-order valence-corrected chi connectivity index (χ0v) is 12.1. The molecule has 1 nitrogen and oxygen atoms in total. The van der Waals surface area contributed by atoms with Crippen LogP contribution in [0.3, 0.4) is 0 Å². The molecule has 1 aliphatic rings. The van der Waals surface area contributed by atoms with Crippen molar-refractivity contribution < 1.29 is 28.6 Å². The van der Waals surface area contributed by atoms with E-state index in [0.717, 1.165) is 6.54 Å². The molecule has 0 spiro atoms. The molecule has 0 radical (unpaired) electrons. The maximum Gasteiger partial charge on any atom is 0.207 e. The highest BCUT2D eigenvalue weighted by Gasteiger charge is 2.18. The zero-order valence-electron chi connectivity index (χ0n) is 9.16. The molecule has 3 heteroatoms. The first-order chi connectivity index (χ1) is 6.81. The Balaban J connectivity index is 0.00000112. The minimum atomic E-state index is 0. The average molecular weight is 333 g/mol. The fourth-order valence-electron chi connectivity index (χ4n) is 1.89. The lowest BCUT2D eigenvalue weighted by Gasteiger charge is -2.15. The molecule has 0 saturated carbocycles. The lowest BCUT2D eigenvalue weighted by Crippen LogP contribution is -3.00. The SMILES string of the molecule is CSC(C)=[N+]1CCc2ccccc2C1.[I-]. The lowest BCUT2D eigenvalue weighted by molar-refractivity contribution is -0.545. The molecule has 0 amide bonds. The van der Waals surface area contributed by atoms with Crippen molar-refractivity contribution in [3.8, 4) is 0 Å². The van der Waals surface area contributed by atoms with Crippen molar-refractivity contribution in [2.24, 2.45) is 0 Å². The van der Waals surface area contributed by atoms with Gasteiger partial charge in [0.15, 0.2) is 6.54 Å². The van der Waals surface area contributed by atoms with Gasteiger partial charge in [0.05, 0.1) is 0 Å². The highest BCUT2D eigenvalue weighted by Crippen LogP contribution is 2.17. The third-order valence-corrected chi connectivity index (χ3v) is 3.72. The molecule has 2 rings (SSSR count). The Morgan fingerprint density at radius 3 is 2.60 bits per heavy atom. The highest BCUT2D eigenvalue weighted by molar-refractivity contribution is 8.13. The Labute approximate surface area is 113 Å². The van der Waals surface area contributed by atoms with Crippen LogP contribution in [0.5, 0.6) is 0 Å². The van der Waals surface area contributed by atoms with E-state index in [2.05, 4.69) is 42.0 Å². The summed E-state index contributed by atoms with van der Waals surface area (Å²) in [5.74, 6) is 0. The molecule has 0 saturated heterocycles. The van der Waals surface area contributed by atoms with E-state index in [4.69, 9.17) is 0 Å². The van der Waals surface area contributed by atoms with Crippen molar-refractivity contribution in [1.29, 1.82) is 0 Å². The van der Waals surface area contributed by atoms with Crippen LogP contribution in [0.25, 0.3) is 0 Å². The van der Waals surface area contributed by atoms with Gasteiger partial charge < -0.3 is 24.0 Å². The van der Waals surface area contributed by atoms with Crippen LogP contribution in [0.15, 0.2) is 24.3 Å². The van der Waals surface area contributed by atoms with Crippen LogP contribution in [-0.4, -0.2) is 22.4 Å². The maximum absolute atomic E-state index is 2.47. The van der Waals surface area contributed by atoms with E-state index in [1.807, 2.05) is 11.8 Å². The predicted molar refractivity (Wildman–Crippen MR) is 63.2 cm³/mol. The number of benzene rings is 1. The van der Waals surface area contributed by atoms with Crippen molar-refractivity contribution >= 4 is 16.8 Å². The fourth-order valence-corrected chi connectivity index (χ4v) is 2.31. The zero-order chi connectivity index (χ0) is 9.97. The molecule has 0 unspecified atom stereocenters. The predicted octanol–water partition coefficient (Wildman–Crippen LogP) is -0.459. The molecule has 1 aromatic carbocycles. The van der Waals surface area contributed by atoms with Crippen molar-refractivity contribution in [3.63, 3.8) is 0 Å². The van der Waals surface area contributed by atoms with E-state index in [-0.39, 0.29) is 24.0 Å². The highest BCUT2D eigenvalue weighted by atomic mass is 127. The number of hydrogen-bond acceptors (Lipinski definition) is 1. The number of rotatable bonds is 0. The molecule has 0 aliphatic carbocycles. The Morgan fingerprint density at radius 1 is 1.27 bits per heavy atom. The molecule has 0 aromatic heterocycles. The summed E-state index contributed by atoms with van der Waals surface area (Å²) < 4.78 is 2.47. The van der Waals surface area contributed by atoms with E-state index in [1.54, 1.807) is 0 Å². The van der Waals surface area contributed by atoms with Crippen LogP contribution in [0.4, 0.5) is 0 Å². The fraction of sp³-hybridized carbons (Fsp3) is 0.417. The monoisotopic (exact) mass is 333 g/mol. The van der Waals surface area contributed by atoms with Gasteiger partial charge in [-0.25, -0.2) is 4.58 Å². The number of thioether (sulfide) groups is 1. The van der Waals surface area contributed by atoms with Crippen LogP contribution >= 0.6 is 11.8 Å². The van der Waals surface area contributed by atoms with E-state index in [9.17, 15) is 0 Å². The van der Waals surface area contributed by atoms with Gasteiger partial charge in [0.2, 0.25) is 5.04 Å². The standard InChI is InChI=1S/C12H16NS.HI/c1-10(14-2)13-8-7-11-5-3-4-6-12(11)9-13;/h3-6H,7-9H2,1-2H3;1H/q+1;/p-1. The van der Waals surface area contributed by atoms with Crippen molar-refractivity contribution in [2.45, 2.75) is 19.9 Å². The summed E-state index contributed by atoms with van der Waals surface area (Å²) in [6.07, 6.45) is 3.34. The molecule has 15 heavy (non-hydrogen) atoms. The van der Waals surface area contributed by atoms with Crippen molar-refractivity contribution in [1.82, 2.24) is 0 Å². The molecule has 0 N–H and O–H groups in total. The largest absolute Gasteiger partial charge is 1.00 e. The number of halogens is 1. The van der Waals surface area contributed by atoms with Gasteiger partial charge in [0.25, 0.3) is 0 Å². The molecule has 0 bridgehead atoms. The molecule has 0 fully saturated rings. The summed E-state index contributed by atoms with van der Waals surface area (Å²) in [6.45, 7) is 4.46. The first-order valence-electron chi connectivity index (χ1n) is 5.00. The Kier molecular flexibility index (Phi) is 5.12. The minimum absolute atomic E-state index is 0. The summed E-state index contributed by atoms with van der Waals surface area (Å²) in [5, 5.41) is 1.43. The van der Waals surface area contributed by atoms with Gasteiger partial charge in [-0.15, -0.1) is 0 Å². The summed E-state index contributed by atoms with van der Waals surface area (Å²) in [5.41, 5.74) is 3.02. The van der Waals surface area contributed by atoms with Gasteiger partial charge in [-0.3, -0.25) is 0 Å². The van der Waals surface area contributed by atoms with E-state index >= 15 is 0 Å². The third-order valence-electron chi connectivity index (χ3n) is 2.87. The second-order valence-corrected chi connectivity index (χ2v) is 4.66. The van der Waals surface area contributed by atoms with Gasteiger partial charge >= 0.3 is 0 Å². The smallest absolute Gasteiger partial charge is 0.207 e. The van der Waals surface area contributed by atoms with Gasteiger partial charge in [-0.1, -0.05) is 36.0 Å². The Morgan fingerprint density at radius 2 is 1.93 bits per heavy atom. The van der Waals surface area contributed by atoms with Crippen LogP contribution < -0.4 is 24.0 Å². The topological polar surface area (TPSA) is 3.01 Å². The third kappa shape index (κ3) is 2.97. The van der Waals surface area contributed by atoms with Crippen molar-refractivity contribution in [2.75, 3.05) is 12.8 Å². The van der Waals surface area contributed by atoms with Gasteiger partial charge in [0.1, 0.15) is 6.54 Å². The maximum atomic E-state index is 2.47. The van der Waals surface area contributed by atoms with Gasteiger partial charge in [-0.2, -0.15) is 0 Å². The van der Waals surface area contributed by atoms with Crippen LogP contribution in [-0.2, 0) is 13.0 Å². The number of nitrogens with zero attached hydrogens (tertiary/aromatic N) is 1. The first kappa shape index (κ1) is 13.0. The molecule has 1 heterocycles. The Bertz CT molecular complexity index is 374. The molecule has 0 atom stereocenters. The van der Waals surface area contributed by atoms with Crippen LogP contribution in [0.2, 0.25) is 0 Å². The molecule has 82 valence electrons. The van der Waals surface area contributed by atoms with E-state index < -0.39 is 0 Å². The minimum Gasteiger partial charge on any atom is -1.00 e. The van der Waals surface area contributed by atoms with E-state index in [0.29, 0.717) is 0 Å². The summed E-state index contributed by atoms with van der Waals surface area (Å²) in [6, 6.07) is 8.77. The molecule has 1 aliphatic heterocycles. The Hall–Kier alpha value is -0.0300. The quantitative estimate of drug-likeness (QED) is 0.353. The summed E-state index contributed by atoms with van der Waals surface area (Å²) >= 11 is 1.85. The summed E-state index contributed by atoms with van der Waals surface area (Å²) in [7, 11) is 0. The number of hydrogen-bond donors (Lipinski definition) is 0. The lowest BCUT2D eigenvalue weighted by atomic mass is 10.0. The van der Waals surface area contributed by atoms with Crippen molar-refractivity contribution in [3.05, 3.63) is 35.4 Å². The molecule has 1 aromatic rings. The van der Waals surface area contributed by atoms with Crippen LogP contribution in [0, 0.1) is 0 Å². The van der Waals surface area contributed by atoms with Gasteiger partial charge in [0, 0.05) is 18.9 Å². The number of fused-ring (bicyclic) bond motifs is 1. The van der Waals surface area contributed by atoms with Crippen LogP contribution in [0.1, 0.15) is 18.1 Å². The first-order valence-corrected chi connectivity index (χ1v) is 6.23. The summed E-state index contributed by atoms with van der Waals surface area (Å²) in [4.78, 5) is 0. The average Bonchev–Trinajstić information content (AvgIpc) is 2.27. The van der Waals surface area contributed by atoms with E-state index in [1.165, 1.54) is 29.1 Å². The normalized spacial score (nSPS) is 17.7. The second-order valence-electron chi connectivity index (χ2n) is 3.66. The molecular weight excluding hydrogens is 317 g/mol.